The normalized spacial score (nSPS) is 12.6. The van der Waals surface area contributed by atoms with E-state index in [4.69, 9.17) is 5.11 Å². The number of hydrogen-bond donors (Lipinski definition) is 1. The summed E-state index contributed by atoms with van der Waals surface area (Å²) in [7, 11) is 0. The average molecular weight is 357 g/mol. The molecule has 1 heterocycles. The zero-order chi connectivity index (χ0) is 15.6. The number of carboxylic acids is 1. The van der Waals surface area contributed by atoms with Crippen molar-refractivity contribution >= 4 is 21.9 Å². The number of benzene rings is 1. The molecule has 0 amide bonds. The van der Waals surface area contributed by atoms with Gasteiger partial charge in [-0.3, -0.25) is 4.79 Å². The van der Waals surface area contributed by atoms with Crippen molar-refractivity contribution in [3.05, 3.63) is 28.5 Å². The minimum Gasteiger partial charge on any atom is -0.481 e. The molecule has 0 aliphatic carbocycles. The second-order valence-corrected chi connectivity index (χ2v) is 5.75. The predicted molar refractivity (Wildman–Crippen MR) is 77.0 cm³/mol. The molecule has 0 saturated heterocycles. The van der Waals surface area contributed by atoms with Crippen LogP contribution in [0.3, 0.4) is 0 Å². The number of tetrazole rings is 1. The van der Waals surface area contributed by atoms with Crippen molar-refractivity contribution in [3.63, 3.8) is 0 Å². The molecule has 8 heteroatoms. The second kappa shape index (κ2) is 6.30. The van der Waals surface area contributed by atoms with Crippen LogP contribution in [0.15, 0.2) is 22.7 Å². The Bertz CT molecular complexity index is 659. The van der Waals surface area contributed by atoms with Crippen LogP contribution < -0.4 is 0 Å². The molecular formula is C13H14BrFN4O2. The molecular weight excluding hydrogens is 343 g/mol. The highest BCUT2D eigenvalue weighted by atomic mass is 79.9. The standard InChI is InChI=1S/C13H14BrFN4O2/c1-7(2)10(6-11(20)21)19-13(16-17-18-19)8-4-3-5-9(15)12(8)14/h3-5,7,10H,6H2,1-2H3,(H,20,21). The van der Waals surface area contributed by atoms with Gasteiger partial charge in [-0.2, -0.15) is 0 Å². The summed E-state index contributed by atoms with van der Waals surface area (Å²) in [5.74, 6) is -1.02. The Balaban J connectivity index is 2.51. The minimum atomic E-state index is -0.937. The third-order valence-electron chi connectivity index (χ3n) is 3.15. The van der Waals surface area contributed by atoms with Crippen molar-refractivity contribution in [1.29, 1.82) is 0 Å². The van der Waals surface area contributed by atoms with E-state index in [1.165, 1.54) is 10.7 Å². The van der Waals surface area contributed by atoms with Crippen molar-refractivity contribution in [3.8, 4) is 11.4 Å². The summed E-state index contributed by atoms with van der Waals surface area (Å²) in [6.45, 7) is 3.78. The fourth-order valence-corrected chi connectivity index (χ4v) is 2.50. The maximum Gasteiger partial charge on any atom is 0.305 e. The topological polar surface area (TPSA) is 80.9 Å². The monoisotopic (exact) mass is 356 g/mol. The summed E-state index contributed by atoms with van der Waals surface area (Å²) in [5.41, 5.74) is 0.482. The van der Waals surface area contributed by atoms with E-state index in [2.05, 4.69) is 31.5 Å². The fraction of sp³-hybridized carbons (Fsp3) is 0.385. The molecule has 1 N–H and O–H groups in total. The summed E-state index contributed by atoms with van der Waals surface area (Å²) < 4.78 is 15.3. The van der Waals surface area contributed by atoms with Crippen molar-refractivity contribution in [2.75, 3.05) is 0 Å². The lowest BCUT2D eigenvalue weighted by Gasteiger charge is -2.20. The summed E-state index contributed by atoms with van der Waals surface area (Å²) >= 11 is 3.17. The number of nitrogens with zero attached hydrogens (tertiary/aromatic N) is 4. The van der Waals surface area contributed by atoms with Crippen LogP contribution in [0.4, 0.5) is 4.39 Å². The first-order valence-corrected chi connectivity index (χ1v) is 7.15. The first kappa shape index (κ1) is 15.6. The molecule has 112 valence electrons. The van der Waals surface area contributed by atoms with Gasteiger partial charge in [-0.05, 0) is 44.4 Å². The van der Waals surface area contributed by atoms with E-state index in [-0.39, 0.29) is 16.8 Å². The molecule has 0 saturated carbocycles. The van der Waals surface area contributed by atoms with Crippen LogP contribution in [0.1, 0.15) is 26.3 Å². The highest BCUT2D eigenvalue weighted by Crippen LogP contribution is 2.32. The molecule has 0 aliphatic rings. The van der Waals surface area contributed by atoms with E-state index in [9.17, 15) is 9.18 Å². The minimum absolute atomic E-state index is 0.00989. The van der Waals surface area contributed by atoms with Gasteiger partial charge in [-0.25, -0.2) is 9.07 Å². The summed E-state index contributed by atoms with van der Waals surface area (Å²) in [6, 6.07) is 4.13. The lowest BCUT2D eigenvalue weighted by atomic mass is 10.0. The first-order chi connectivity index (χ1) is 9.91. The summed E-state index contributed by atoms with van der Waals surface area (Å²) in [5, 5.41) is 20.4. The van der Waals surface area contributed by atoms with Crippen LogP contribution >= 0.6 is 15.9 Å². The van der Waals surface area contributed by atoms with Crippen molar-refractivity contribution in [2.24, 2.45) is 5.92 Å². The van der Waals surface area contributed by atoms with Gasteiger partial charge >= 0.3 is 5.97 Å². The number of carbonyl (C=O) groups is 1. The third-order valence-corrected chi connectivity index (χ3v) is 3.96. The number of rotatable bonds is 5. The average Bonchev–Trinajstić information content (AvgIpc) is 2.87. The Morgan fingerprint density at radius 1 is 1.48 bits per heavy atom. The van der Waals surface area contributed by atoms with Crippen LogP contribution in [-0.4, -0.2) is 31.3 Å². The van der Waals surface area contributed by atoms with Crippen LogP contribution in [0.5, 0.6) is 0 Å². The van der Waals surface area contributed by atoms with Gasteiger partial charge in [0, 0.05) is 5.56 Å². The van der Waals surface area contributed by atoms with Gasteiger partial charge in [0.1, 0.15) is 5.82 Å². The fourth-order valence-electron chi connectivity index (χ4n) is 2.05. The number of halogens is 2. The highest BCUT2D eigenvalue weighted by Gasteiger charge is 2.25. The van der Waals surface area contributed by atoms with E-state index >= 15 is 0 Å². The van der Waals surface area contributed by atoms with Crippen LogP contribution in [0, 0.1) is 11.7 Å². The lowest BCUT2D eigenvalue weighted by molar-refractivity contribution is -0.138. The maximum atomic E-state index is 13.7. The van der Waals surface area contributed by atoms with Crippen LogP contribution in [0.2, 0.25) is 0 Å². The molecule has 1 aromatic heterocycles. The SMILES string of the molecule is CC(C)C(CC(=O)O)n1nnnc1-c1cccc(F)c1Br. The zero-order valence-electron chi connectivity index (χ0n) is 11.5. The van der Waals surface area contributed by atoms with Gasteiger partial charge in [0.05, 0.1) is 16.9 Å². The summed E-state index contributed by atoms with van der Waals surface area (Å²) in [4.78, 5) is 11.0. The maximum absolute atomic E-state index is 13.7. The van der Waals surface area contributed by atoms with E-state index in [0.29, 0.717) is 11.4 Å². The second-order valence-electron chi connectivity index (χ2n) is 4.96. The molecule has 0 aliphatic heterocycles. The van der Waals surface area contributed by atoms with E-state index in [0.717, 1.165) is 0 Å². The van der Waals surface area contributed by atoms with Gasteiger partial charge in [0.25, 0.3) is 0 Å². The van der Waals surface area contributed by atoms with Gasteiger partial charge in [0.15, 0.2) is 5.82 Å². The van der Waals surface area contributed by atoms with Crippen molar-refractivity contribution < 1.29 is 14.3 Å². The van der Waals surface area contributed by atoms with Crippen molar-refractivity contribution in [2.45, 2.75) is 26.3 Å². The molecule has 0 radical (unpaired) electrons. The quantitative estimate of drug-likeness (QED) is 0.890. The molecule has 21 heavy (non-hydrogen) atoms. The molecule has 0 bridgehead atoms. The van der Waals surface area contributed by atoms with Crippen LogP contribution in [-0.2, 0) is 4.79 Å². The highest BCUT2D eigenvalue weighted by molar-refractivity contribution is 9.10. The molecule has 0 fully saturated rings. The van der Waals surface area contributed by atoms with Crippen LogP contribution in [0.25, 0.3) is 11.4 Å². The largest absolute Gasteiger partial charge is 0.481 e. The molecule has 1 aromatic carbocycles. The predicted octanol–water partition coefficient (Wildman–Crippen LogP) is 2.91. The summed E-state index contributed by atoms with van der Waals surface area (Å²) in [6.07, 6.45) is -0.108. The van der Waals surface area contributed by atoms with E-state index in [1.54, 1.807) is 12.1 Å². The lowest BCUT2D eigenvalue weighted by Crippen LogP contribution is -2.21. The Morgan fingerprint density at radius 2 is 2.19 bits per heavy atom. The van der Waals surface area contributed by atoms with Gasteiger partial charge in [0.2, 0.25) is 0 Å². The van der Waals surface area contributed by atoms with E-state index in [1.807, 2.05) is 13.8 Å². The zero-order valence-corrected chi connectivity index (χ0v) is 13.1. The van der Waals surface area contributed by atoms with E-state index < -0.39 is 17.8 Å². The van der Waals surface area contributed by atoms with Gasteiger partial charge in [-0.15, -0.1) is 5.10 Å². The number of hydrogen-bond acceptors (Lipinski definition) is 4. The number of aliphatic carboxylic acids is 1. The van der Waals surface area contributed by atoms with Gasteiger partial charge in [-0.1, -0.05) is 19.9 Å². The van der Waals surface area contributed by atoms with Crippen molar-refractivity contribution in [1.82, 2.24) is 20.2 Å². The Kier molecular flexibility index (Phi) is 4.66. The molecule has 0 spiro atoms. The molecule has 1 unspecified atom stereocenters. The molecule has 6 nitrogen and oxygen atoms in total. The first-order valence-electron chi connectivity index (χ1n) is 6.35. The smallest absolute Gasteiger partial charge is 0.305 e. The molecule has 2 aromatic rings. The third kappa shape index (κ3) is 3.26. The molecule has 2 rings (SSSR count). The number of carboxylic acid groups (broad SMARTS) is 1. The number of aromatic nitrogens is 4. The molecule has 1 atom stereocenters. The Labute approximate surface area is 129 Å². The Morgan fingerprint density at radius 3 is 2.81 bits per heavy atom. The van der Waals surface area contributed by atoms with Gasteiger partial charge < -0.3 is 5.11 Å². The Hall–Kier alpha value is -1.83.